The maximum atomic E-state index is 12.0. The molecule has 2 aromatic rings. The molecule has 0 aliphatic rings. The Kier molecular flexibility index (Phi) is 8.83. The zero-order valence-corrected chi connectivity index (χ0v) is 20.2. The van der Waals surface area contributed by atoms with Gasteiger partial charge in [0.15, 0.2) is 0 Å². The normalized spacial score (nSPS) is 11.9. The lowest BCUT2D eigenvalue weighted by atomic mass is 10.1. The van der Waals surface area contributed by atoms with Crippen LogP contribution in [0.2, 0.25) is 5.02 Å². The quantitative estimate of drug-likeness (QED) is 0.291. The summed E-state index contributed by atoms with van der Waals surface area (Å²) in [7, 11) is 0. The lowest BCUT2D eigenvalue weighted by Gasteiger charge is -2.07. The number of fused-ring (bicyclic) bond motifs is 1. The average molecular weight is 503 g/mol. The highest BCUT2D eigenvalue weighted by molar-refractivity contribution is 9.10. The van der Waals surface area contributed by atoms with Crippen LogP contribution in [0.4, 0.5) is 0 Å². The van der Waals surface area contributed by atoms with E-state index < -0.39 is 5.97 Å². The largest absolute Gasteiger partial charge is 0.477 e. The fraction of sp³-hybridized carbons (Fsp3) is 0.409. The van der Waals surface area contributed by atoms with Crippen molar-refractivity contribution < 1.29 is 14.6 Å². The van der Waals surface area contributed by atoms with Crippen molar-refractivity contribution in [1.82, 2.24) is 4.57 Å². The van der Waals surface area contributed by atoms with Crippen LogP contribution in [0.15, 0.2) is 38.9 Å². The smallest absolute Gasteiger partial charge is 0.352 e. The minimum atomic E-state index is -0.933. The molecule has 0 radical (unpaired) electrons. The predicted molar refractivity (Wildman–Crippen MR) is 124 cm³/mol. The number of aryl methyl sites for hydroxylation is 2. The molecule has 0 amide bonds. The lowest BCUT2D eigenvalue weighted by molar-refractivity contribution is 0.0684. The Bertz CT molecular complexity index is 972. The number of carbonyl (C=O) groups is 1. The molecule has 1 heterocycles. The van der Waals surface area contributed by atoms with Crippen LogP contribution in [0.25, 0.3) is 10.9 Å². The van der Waals surface area contributed by atoms with E-state index in [9.17, 15) is 9.90 Å². The minimum Gasteiger partial charge on any atom is -0.477 e. The second-order valence-electron chi connectivity index (χ2n) is 7.01. The van der Waals surface area contributed by atoms with Gasteiger partial charge < -0.3 is 14.4 Å². The summed E-state index contributed by atoms with van der Waals surface area (Å²) in [5.41, 5.74) is 4.02. The number of aromatic carboxylic acids is 1. The van der Waals surface area contributed by atoms with Crippen LogP contribution >= 0.6 is 39.1 Å². The molecule has 1 N–H and O–H groups in total. The summed E-state index contributed by atoms with van der Waals surface area (Å²) in [6, 6.07) is 3.69. The van der Waals surface area contributed by atoms with E-state index in [1.807, 2.05) is 39.8 Å². The number of allylic oxidation sites excluding steroid dienone is 3. The van der Waals surface area contributed by atoms with Gasteiger partial charge in [-0.25, -0.2) is 4.79 Å². The highest BCUT2D eigenvalue weighted by Crippen LogP contribution is 2.37. The van der Waals surface area contributed by atoms with E-state index >= 15 is 0 Å². The van der Waals surface area contributed by atoms with Gasteiger partial charge in [0.1, 0.15) is 5.69 Å². The predicted octanol–water partition coefficient (Wildman–Crippen LogP) is 7.20. The maximum Gasteiger partial charge on any atom is 0.352 e. The van der Waals surface area contributed by atoms with E-state index in [0.717, 1.165) is 37.1 Å². The number of benzene rings is 1. The first-order chi connectivity index (χ1) is 13.7. The van der Waals surface area contributed by atoms with Gasteiger partial charge in [0.05, 0.1) is 21.6 Å². The second-order valence-corrected chi connectivity index (χ2v) is 8.59. The SMILES string of the molecule is CCn1c(C(=O)O)c(CCCOCC=C(C)C(Cl)=C(C)C)c2ccc(Cl)c(Br)c21. The van der Waals surface area contributed by atoms with Gasteiger partial charge in [-0.15, -0.1) is 0 Å². The molecule has 0 fully saturated rings. The summed E-state index contributed by atoms with van der Waals surface area (Å²) in [6.07, 6.45) is 3.28. The lowest BCUT2D eigenvalue weighted by Crippen LogP contribution is -2.10. The number of nitrogens with zero attached hydrogens (tertiary/aromatic N) is 1. The van der Waals surface area contributed by atoms with E-state index in [4.69, 9.17) is 27.9 Å². The fourth-order valence-electron chi connectivity index (χ4n) is 3.37. The molecule has 0 aliphatic carbocycles. The molecule has 1 aromatic carbocycles. The van der Waals surface area contributed by atoms with E-state index in [1.165, 1.54) is 0 Å². The van der Waals surface area contributed by atoms with Crippen LogP contribution < -0.4 is 0 Å². The first kappa shape index (κ1) is 24.0. The number of carboxylic acids is 1. The minimum absolute atomic E-state index is 0.316. The van der Waals surface area contributed by atoms with Crippen molar-refractivity contribution in [2.24, 2.45) is 0 Å². The van der Waals surface area contributed by atoms with E-state index in [-0.39, 0.29) is 0 Å². The molecule has 0 saturated carbocycles. The van der Waals surface area contributed by atoms with Gasteiger partial charge >= 0.3 is 5.97 Å². The van der Waals surface area contributed by atoms with Crippen molar-refractivity contribution in [3.05, 3.63) is 55.1 Å². The highest BCUT2D eigenvalue weighted by Gasteiger charge is 2.23. The molecule has 0 spiro atoms. The van der Waals surface area contributed by atoms with Crippen LogP contribution in [-0.4, -0.2) is 28.9 Å². The molecule has 0 bridgehead atoms. The number of aromatic nitrogens is 1. The number of hydrogen-bond acceptors (Lipinski definition) is 2. The van der Waals surface area contributed by atoms with Crippen LogP contribution in [0, 0.1) is 0 Å². The molecule has 0 aliphatic heterocycles. The van der Waals surface area contributed by atoms with Gasteiger partial charge in [0, 0.05) is 23.6 Å². The monoisotopic (exact) mass is 501 g/mol. The van der Waals surface area contributed by atoms with Gasteiger partial charge in [-0.2, -0.15) is 0 Å². The topological polar surface area (TPSA) is 51.5 Å². The van der Waals surface area contributed by atoms with E-state index in [2.05, 4.69) is 15.9 Å². The Hall–Kier alpha value is -1.27. The molecule has 7 heteroatoms. The summed E-state index contributed by atoms with van der Waals surface area (Å²) >= 11 is 16.0. The molecule has 0 atom stereocenters. The first-order valence-corrected chi connectivity index (χ1v) is 11.1. The Labute approximate surface area is 190 Å². The van der Waals surface area contributed by atoms with Crippen LogP contribution in [0.5, 0.6) is 0 Å². The third-order valence-corrected chi connectivity index (χ3v) is 6.77. The van der Waals surface area contributed by atoms with Crippen molar-refractivity contribution >= 4 is 56.0 Å². The number of hydrogen-bond donors (Lipinski definition) is 1. The van der Waals surface area contributed by atoms with E-state index in [0.29, 0.717) is 43.3 Å². The summed E-state index contributed by atoms with van der Waals surface area (Å²) in [6.45, 7) is 9.38. The maximum absolute atomic E-state index is 12.0. The van der Waals surface area contributed by atoms with Gasteiger partial charge in [-0.05, 0) is 73.7 Å². The molecule has 29 heavy (non-hydrogen) atoms. The summed E-state index contributed by atoms with van der Waals surface area (Å²) < 4.78 is 8.23. The first-order valence-electron chi connectivity index (χ1n) is 9.50. The van der Waals surface area contributed by atoms with Gasteiger partial charge in [-0.3, -0.25) is 0 Å². The summed E-state index contributed by atoms with van der Waals surface area (Å²) in [5, 5.41) is 12.0. The van der Waals surface area contributed by atoms with Gasteiger partial charge in [0.25, 0.3) is 0 Å². The molecule has 1 aromatic heterocycles. The zero-order valence-electron chi connectivity index (χ0n) is 17.1. The fourth-order valence-corrected chi connectivity index (χ4v) is 4.16. The Morgan fingerprint density at radius 1 is 1.31 bits per heavy atom. The van der Waals surface area contributed by atoms with Crippen LogP contribution in [-0.2, 0) is 17.7 Å². The number of halogens is 3. The Balaban J connectivity index is 2.15. The van der Waals surface area contributed by atoms with Crippen molar-refractivity contribution in [2.75, 3.05) is 13.2 Å². The third-order valence-electron chi connectivity index (χ3n) is 4.75. The van der Waals surface area contributed by atoms with E-state index in [1.54, 1.807) is 10.6 Å². The molecular formula is C22H26BrCl2NO3. The number of ether oxygens (including phenoxy) is 1. The van der Waals surface area contributed by atoms with Crippen LogP contribution in [0.3, 0.4) is 0 Å². The highest BCUT2D eigenvalue weighted by atomic mass is 79.9. The van der Waals surface area contributed by atoms with Crippen molar-refractivity contribution in [2.45, 2.75) is 47.1 Å². The average Bonchev–Trinajstić information content (AvgIpc) is 3.00. The van der Waals surface area contributed by atoms with Crippen molar-refractivity contribution in [1.29, 1.82) is 0 Å². The van der Waals surface area contributed by atoms with Crippen LogP contribution in [0.1, 0.15) is 50.2 Å². The second kappa shape index (κ2) is 10.7. The zero-order chi connectivity index (χ0) is 21.7. The molecular weight excluding hydrogens is 477 g/mol. The molecule has 2 rings (SSSR count). The third kappa shape index (κ3) is 5.46. The Morgan fingerprint density at radius 3 is 2.59 bits per heavy atom. The van der Waals surface area contributed by atoms with Crippen molar-refractivity contribution in [3.63, 3.8) is 0 Å². The molecule has 0 unspecified atom stereocenters. The Morgan fingerprint density at radius 2 is 2.00 bits per heavy atom. The molecule has 158 valence electrons. The summed E-state index contributed by atoms with van der Waals surface area (Å²) in [5.74, 6) is -0.933. The number of rotatable bonds is 9. The molecule has 0 saturated heterocycles. The van der Waals surface area contributed by atoms with Crippen molar-refractivity contribution in [3.8, 4) is 0 Å². The number of carboxylic acid groups (broad SMARTS) is 1. The summed E-state index contributed by atoms with van der Waals surface area (Å²) in [4.78, 5) is 12.0. The van der Waals surface area contributed by atoms with Gasteiger partial charge in [0.2, 0.25) is 0 Å². The van der Waals surface area contributed by atoms with Gasteiger partial charge in [-0.1, -0.05) is 40.9 Å². The standard InChI is InChI=1S/C22H26BrCl2NO3/c1-5-26-20-16(8-9-17(24)18(20)23)15(21(26)22(27)28)7-6-11-29-12-10-14(4)19(25)13(2)3/h8-10H,5-7,11-12H2,1-4H3,(H,27,28). The molecule has 4 nitrogen and oxygen atoms in total.